The van der Waals surface area contributed by atoms with Gasteiger partial charge >= 0.3 is 12.0 Å². The molecule has 2 amide bonds. The van der Waals surface area contributed by atoms with Crippen molar-refractivity contribution >= 4 is 29.5 Å². The van der Waals surface area contributed by atoms with E-state index in [-0.39, 0.29) is 36.7 Å². The Morgan fingerprint density at radius 1 is 1.27 bits per heavy atom. The number of nitrogens with zero attached hydrogens (tertiary/aromatic N) is 1. The van der Waals surface area contributed by atoms with E-state index in [9.17, 15) is 14.4 Å². The Morgan fingerprint density at radius 2 is 2.00 bits per heavy atom. The van der Waals surface area contributed by atoms with Gasteiger partial charge in [0, 0.05) is 36.0 Å². The number of ether oxygens (including phenoxy) is 1. The summed E-state index contributed by atoms with van der Waals surface area (Å²) in [6.45, 7) is 3.36. The van der Waals surface area contributed by atoms with Crippen LogP contribution in [0.25, 0.3) is 0 Å². The molecule has 0 aromatic heterocycles. The molecule has 1 fully saturated rings. The minimum Gasteiger partial charge on any atom is -0.466 e. The highest BCUT2D eigenvalue weighted by molar-refractivity contribution is 7.98. The molecular formula is C19H26N2O4S. The van der Waals surface area contributed by atoms with Crippen molar-refractivity contribution in [2.75, 3.05) is 32.5 Å². The normalized spacial score (nSPS) is 16.8. The number of amides is 2. The molecular weight excluding hydrogens is 352 g/mol. The van der Waals surface area contributed by atoms with E-state index in [2.05, 4.69) is 5.32 Å². The van der Waals surface area contributed by atoms with Gasteiger partial charge in [0.15, 0.2) is 5.78 Å². The summed E-state index contributed by atoms with van der Waals surface area (Å²) in [6, 6.07) is 7.37. The van der Waals surface area contributed by atoms with E-state index >= 15 is 0 Å². The molecule has 0 bridgehead atoms. The van der Waals surface area contributed by atoms with Gasteiger partial charge in [-0.1, -0.05) is 12.1 Å². The maximum absolute atomic E-state index is 12.7. The van der Waals surface area contributed by atoms with Crippen LogP contribution in [0.1, 0.15) is 36.5 Å². The maximum Gasteiger partial charge on any atom is 0.317 e. The van der Waals surface area contributed by atoms with Crippen LogP contribution in [-0.2, 0) is 9.53 Å². The molecule has 142 valence electrons. The third-order valence-electron chi connectivity index (χ3n) is 4.36. The summed E-state index contributed by atoms with van der Waals surface area (Å²) < 4.78 is 4.83. The zero-order chi connectivity index (χ0) is 18.9. The molecule has 1 saturated heterocycles. The SMILES string of the molecule is CCOC(=O)CCNC(=O)N1CCC[C@@H](C(=O)c2ccc(SC)cc2)C1. The molecule has 26 heavy (non-hydrogen) atoms. The van der Waals surface area contributed by atoms with Crippen molar-refractivity contribution in [1.29, 1.82) is 0 Å². The number of esters is 1. The van der Waals surface area contributed by atoms with E-state index in [4.69, 9.17) is 4.74 Å². The van der Waals surface area contributed by atoms with E-state index in [1.165, 1.54) is 0 Å². The second-order valence-electron chi connectivity index (χ2n) is 6.16. The molecule has 0 aliphatic carbocycles. The predicted octanol–water partition coefficient (Wildman–Crippen LogP) is 2.97. The van der Waals surface area contributed by atoms with Gasteiger partial charge in [0.2, 0.25) is 0 Å². The van der Waals surface area contributed by atoms with E-state index in [0.29, 0.717) is 25.3 Å². The van der Waals surface area contributed by atoms with E-state index in [1.54, 1.807) is 23.6 Å². The van der Waals surface area contributed by atoms with Crippen LogP contribution >= 0.6 is 11.8 Å². The summed E-state index contributed by atoms with van der Waals surface area (Å²) in [5.74, 6) is -0.422. The number of carbonyl (C=O) groups is 3. The second-order valence-corrected chi connectivity index (χ2v) is 7.04. The number of piperidine rings is 1. The Bertz CT molecular complexity index is 633. The van der Waals surface area contributed by atoms with E-state index in [1.807, 2.05) is 30.5 Å². The average Bonchev–Trinajstić information content (AvgIpc) is 2.67. The van der Waals surface area contributed by atoms with Gasteiger partial charge in [-0.3, -0.25) is 9.59 Å². The molecule has 1 heterocycles. The number of Topliss-reactive ketones (excluding diaryl/α,β-unsaturated/α-hetero) is 1. The van der Waals surface area contributed by atoms with Gasteiger partial charge in [-0.15, -0.1) is 11.8 Å². The molecule has 1 aromatic rings. The Morgan fingerprint density at radius 3 is 2.65 bits per heavy atom. The Labute approximate surface area is 158 Å². The Balaban J connectivity index is 1.86. The lowest BCUT2D eigenvalue weighted by atomic mass is 9.90. The molecule has 0 spiro atoms. The van der Waals surface area contributed by atoms with Crippen LogP contribution in [-0.4, -0.2) is 55.2 Å². The number of likely N-dealkylation sites (tertiary alicyclic amines) is 1. The molecule has 0 unspecified atom stereocenters. The highest BCUT2D eigenvalue weighted by Crippen LogP contribution is 2.22. The first-order chi connectivity index (χ1) is 12.5. The van der Waals surface area contributed by atoms with Gasteiger partial charge in [0.1, 0.15) is 0 Å². The molecule has 1 atom stereocenters. The molecule has 1 N–H and O–H groups in total. The summed E-state index contributed by atoms with van der Waals surface area (Å²) in [5.41, 5.74) is 0.692. The lowest BCUT2D eigenvalue weighted by Gasteiger charge is -2.32. The number of ketones is 1. The van der Waals surface area contributed by atoms with E-state index in [0.717, 1.165) is 17.7 Å². The second kappa shape index (κ2) is 10.2. The van der Waals surface area contributed by atoms with Crippen molar-refractivity contribution in [2.45, 2.75) is 31.1 Å². The maximum atomic E-state index is 12.7. The molecule has 0 saturated carbocycles. The van der Waals surface area contributed by atoms with Crippen LogP contribution in [0.3, 0.4) is 0 Å². The summed E-state index contributed by atoms with van der Waals surface area (Å²) >= 11 is 1.64. The van der Waals surface area contributed by atoms with Crippen molar-refractivity contribution in [3.8, 4) is 0 Å². The minimum atomic E-state index is -0.326. The number of urea groups is 1. The smallest absolute Gasteiger partial charge is 0.317 e. The lowest BCUT2D eigenvalue weighted by molar-refractivity contribution is -0.142. The molecule has 7 heteroatoms. The van der Waals surface area contributed by atoms with Crippen molar-refractivity contribution in [3.63, 3.8) is 0 Å². The van der Waals surface area contributed by atoms with Crippen LogP contribution in [0, 0.1) is 5.92 Å². The fourth-order valence-corrected chi connectivity index (χ4v) is 3.39. The van der Waals surface area contributed by atoms with Gasteiger partial charge < -0.3 is 15.0 Å². The van der Waals surface area contributed by atoms with Crippen LogP contribution < -0.4 is 5.32 Å². The fraction of sp³-hybridized carbons (Fsp3) is 0.526. The van der Waals surface area contributed by atoms with Crippen molar-refractivity contribution < 1.29 is 19.1 Å². The number of hydrogen-bond donors (Lipinski definition) is 1. The standard InChI is InChI=1S/C19H26N2O4S/c1-3-25-17(22)10-11-20-19(24)21-12-4-5-15(13-21)18(23)14-6-8-16(26-2)9-7-14/h6-9,15H,3-5,10-13H2,1-2H3,(H,20,24)/t15-/m1/s1. The fourth-order valence-electron chi connectivity index (χ4n) is 2.98. The molecule has 1 aliphatic heterocycles. The number of thioether (sulfide) groups is 1. The third-order valence-corrected chi connectivity index (χ3v) is 5.11. The summed E-state index contributed by atoms with van der Waals surface area (Å²) in [6.07, 6.45) is 3.73. The quantitative estimate of drug-likeness (QED) is 0.448. The van der Waals surface area contributed by atoms with Crippen LogP contribution in [0.5, 0.6) is 0 Å². The predicted molar refractivity (Wildman–Crippen MR) is 101 cm³/mol. The van der Waals surface area contributed by atoms with Gasteiger partial charge in [0.25, 0.3) is 0 Å². The number of carbonyl (C=O) groups excluding carboxylic acids is 3. The van der Waals surface area contributed by atoms with Crippen LogP contribution in [0.4, 0.5) is 4.79 Å². The summed E-state index contributed by atoms with van der Waals surface area (Å²) in [4.78, 5) is 39.1. The monoisotopic (exact) mass is 378 g/mol. The number of benzene rings is 1. The number of rotatable bonds is 7. The van der Waals surface area contributed by atoms with Crippen molar-refractivity contribution in [3.05, 3.63) is 29.8 Å². The molecule has 6 nitrogen and oxygen atoms in total. The van der Waals surface area contributed by atoms with Gasteiger partial charge in [-0.25, -0.2) is 4.79 Å². The highest BCUT2D eigenvalue weighted by atomic mass is 32.2. The minimum absolute atomic E-state index is 0.0849. The number of hydrogen-bond acceptors (Lipinski definition) is 5. The first kappa shape index (κ1) is 20.3. The molecule has 1 aliphatic rings. The topological polar surface area (TPSA) is 75.7 Å². The van der Waals surface area contributed by atoms with Crippen LogP contribution in [0.15, 0.2) is 29.2 Å². The molecule has 1 aromatic carbocycles. The Hall–Kier alpha value is -2.02. The average molecular weight is 378 g/mol. The zero-order valence-electron chi connectivity index (χ0n) is 15.3. The first-order valence-electron chi connectivity index (χ1n) is 8.91. The first-order valence-corrected chi connectivity index (χ1v) is 10.1. The highest BCUT2D eigenvalue weighted by Gasteiger charge is 2.29. The summed E-state index contributed by atoms with van der Waals surface area (Å²) in [7, 11) is 0. The van der Waals surface area contributed by atoms with Gasteiger partial charge in [-0.2, -0.15) is 0 Å². The zero-order valence-corrected chi connectivity index (χ0v) is 16.1. The largest absolute Gasteiger partial charge is 0.466 e. The van der Waals surface area contributed by atoms with E-state index < -0.39 is 0 Å². The van der Waals surface area contributed by atoms with Crippen molar-refractivity contribution in [2.24, 2.45) is 5.92 Å². The Kier molecular flexibility index (Phi) is 7.97. The number of nitrogens with one attached hydrogen (secondary N) is 1. The lowest BCUT2D eigenvalue weighted by Crippen LogP contribution is -2.47. The van der Waals surface area contributed by atoms with Crippen molar-refractivity contribution in [1.82, 2.24) is 10.2 Å². The summed E-state index contributed by atoms with van der Waals surface area (Å²) in [5, 5.41) is 2.73. The molecule has 0 radical (unpaired) electrons. The van der Waals surface area contributed by atoms with Gasteiger partial charge in [0.05, 0.1) is 13.0 Å². The van der Waals surface area contributed by atoms with Gasteiger partial charge in [-0.05, 0) is 38.2 Å². The van der Waals surface area contributed by atoms with Crippen LogP contribution in [0.2, 0.25) is 0 Å². The molecule has 2 rings (SSSR count). The third kappa shape index (κ3) is 5.76.